The molecule has 0 bridgehead atoms. The van der Waals surface area contributed by atoms with Crippen LogP contribution in [0.15, 0.2) is 24.3 Å². The summed E-state index contributed by atoms with van der Waals surface area (Å²) in [6, 6.07) is 9.89. The van der Waals surface area contributed by atoms with E-state index in [0.29, 0.717) is 6.04 Å². The van der Waals surface area contributed by atoms with Gasteiger partial charge in [-0.25, -0.2) is 0 Å². The highest BCUT2D eigenvalue weighted by Gasteiger charge is 2.30. The van der Waals surface area contributed by atoms with Gasteiger partial charge in [0.15, 0.2) is 0 Å². The highest BCUT2D eigenvalue weighted by molar-refractivity contribution is 5.26. The molecular formula is C18H29N. The third kappa shape index (κ3) is 3.60. The fourth-order valence-corrected chi connectivity index (χ4v) is 3.57. The van der Waals surface area contributed by atoms with Gasteiger partial charge in [-0.3, -0.25) is 0 Å². The summed E-state index contributed by atoms with van der Waals surface area (Å²) in [6.07, 6.45) is 7.98. The van der Waals surface area contributed by atoms with Gasteiger partial charge in [-0.15, -0.1) is 0 Å². The first-order valence-electron chi connectivity index (χ1n) is 8.02. The minimum atomic E-state index is 0.540. The van der Waals surface area contributed by atoms with E-state index in [2.05, 4.69) is 50.5 Å². The van der Waals surface area contributed by atoms with E-state index < -0.39 is 0 Å². The number of nitrogens with one attached hydrogen (secondary N) is 1. The monoisotopic (exact) mass is 259 g/mol. The highest BCUT2D eigenvalue weighted by atomic mass is 14.9. The second-order valence-corrected chi connectivity index (χ2v) is 6.18. The van der Waals surface area contributed by atoms with Gasteiger partial charge in [-0.05, 0) is 49.3 Å². The predicted molar refractivity (Wildman–Crippen MR) is 83.4 cm³/mol. The molecule has 106 valence electrons. The van der Waals surface area contributed by atoms with Gasteiger partial charge >= 0.3 is 0 Å². The smallest absolute Gasteiger partial charge is 0.0348 e. The average molecular weight is 259 g/mol. The lowest BCUT2D eigenvalue weighted by Crippen LogP contribution is -2.26. The molecule has 1 nitrogen and oxygen atoms in total. The van der Waals surface area contributed by atoms with E-state index in [-0.39, 0.29) is 0 Å². The molecule has 0 aromatic heterocycles. The first-order valence-corrected chi connectivity index (χ1v) is 8.02. The zero-order chi connectivity index (χ0) is 13.7. The second-order valence-electron chi connectivity index (χ2n) is 6.18. The van der Waals surface area contributed by atoms with Gasteiger partial charge in [0.05, 0.1) is 0 Å². The van der Waals surface area contributed by atoms with Crippen LogP contribution in [0.3, 0.4) is 0 Å². The van der Waals surface area contributed by atoms with Crippen LogP contribution in [0.2, 0.25) is 0 Å². The van der Waals surface area contributed by atoms with Gasteiger partial charge in [-0.2, -0.15) is 0 Å². The summed E-state index contributed by atoms with van der Waals surface area (Å²) in [6.45, 7) is 4.67. The van der Waals surface area contributed by atoms with E-state index in [9.17, 15) is 0 Å². The Kier molecular flexibility index (Phi) is 5.45. The van der Waals surface area contributed by atoms with Gasteiger partial charge in [0.2, 0.25) is 0 Å². The van der Waals surface area contributed by atoms with Crippen molar-refractivity contribution in [3.05, 3.63) is 35.4 Å². The van der Waals surface area contributed by atoms with Crippen molar-refractivity contribution in [2.75, 3.05) is 7.05 Å². The van der Waals surface area contributed by atoms with Crippen LogP contribution < -0.4 is 5.32 Å². The number of benzene rings is 1. The van der Waals surface area contributed by atoms with Crippen LogP contribution in [0.25, 0.3) is 0 Å². The minimum absolute atomic E-state index is 0.540. The maximum absolute atomic E-state index is 3.55. The summed E-state index contributed by atoms with van der Waals surface area (Å²) in [7, 11) is 2.11. The van der Waals surface area contributed by atoms with E-state index >= 15 is 0 Å². The standard InChI is InChI=1S/C18H29N/c1-4-5-8-15-10-12-16(13-11-15)18(19-3)17-9-6-7-14(17)2/h10-14,17-19H,4-9H2,1-3H3. The molecule has 19 heavy (non-hydrogen) atoms. The molecule has 1 N–H and O–H groups in total. The van der Waals surface area contributed by atoms with Crippen molar-refractivity contribution >= 4 is 0 Å². The Balaban J connectivity index is 2.06. The van der Waals surface area contributed by atoms with Crippen LogP contribution in [-0.2, 0) is 6.42 Å². The van der Waals surface area contributed by atoms with Gasteiger partial charge in [0.25, 0.3) is 0 Å². The van der Waals surface area contributed by atoms with Crippen molar-refractivity contribution < 1.29 is 0 Å². The average Bonchev–Trinajstić information content (AvgIpc) is 2.85. The Hall–Kier alpha value is -0.820. The molecule has 1 aromatic carbocycles. The van der Waals surface area contributed by atoms with Crippen molar-refractivity contribution in [3.8, 4) is 0 Å². The van der Waals surface area contributed by atoms with E-state index in [1.165, 1.54) is 49.7 Å². The first kappa shape index (κ1) is 14.6. The van der Waals surface area contributed by atoms with Crippen molar-refractivity contribution in [1.29, 1.82) is 0 Å². The Morgan fingerprint density at radius 3 is 2.47 bits per heavy atom. The van der Waals surface area contributed by atoms with Crippen LogP contribution in [-0.4, -0.2) is 7.05 Å². The lowest BCUT2D eigenvalue weighted by atomic mass is 9.85. The van der Waals surface area contributed by atoms with Crippen LogP contribution in [0, 0.1) is 11.8 Å². The summed E-state index contributed by atoms with van der Waals surface area (Å²) < 4.78 is 0. The first-order chi connectivity index (χ1) is 9.26. The topological polar surface area (TPSA) is 12.0 Å². The van der Waals surface area contributed by atoms with E-state index in [1.54, 1.807) is 0 Å². The van der Waals surface area contributed by atoms with Gasteiger partial charge in [0.1, 0.15) is 0 Å². The zero-order valence-corrected chi connectivity index (χ0v) is 12.8. The Morgan fingerprint density at radius 2 is 1.95 bits per heavy atom. The molecule has 1 saturated carbocycles. The number of unbranched alkanes of at least 4 members (excludes halogenated alkanes) is 1. The van der Waals surface area contributed by atoms with Crippen LogP contribution in [0.1, 0.15) is 63.1 Å². The van der Waals surface area contributed by atoms with Crippen molar-refractivity contribution in [2.24, 2.45) is 11.8 Å². The molecule has 0 spiro atoms. The third-order valence-electron chi connectivity index (χ3n) is 4.82. The Labute approximate surface area is 118 Å². The minimum Gasteiger partial charge on any atom is -0.313 e. The number of hydrogen-bond acceptors (Lipinski definition) is 1. The van der Waals surface area contributed by atoms with Crippen molar-refractivity contribution in [1.82, 2.24) is 5.32 Å². The third-order valence-corrected chi connectivity index (χ3v) is 4.82. The molecule has 2 rings (SSSR count). The summed E-state index contributed by atoms with van der Waals surface area (Å²) >= 11 is 0. The largest absolute Gasteiger partial charge is 0.313 e. The van der Waals surface area contributed by atoms with Crippen molar-refractivity contribution in [3.63, 3.8) is 0 Å². The molecule has 1 aliphatic carbocycles. The van der Waals surface area contributed by atoms with Gasteiger partial charge < -0.3 is 5.32 Å². The van der Waals surface area contributed by atoms with E-state index in [0.717, 1.165) is 11.8 Å². The molecule has 0 aliphatic heterocycles. The summed E-state index contributed by atoms with van der Waals surface area (Å²) in [4.78, 5) is 0. The summed E-state index contributed by atoms with van der Waals surface area (Å²) in [5.74, 6) is 1.67. The normalized spacial score (nSPS) is 24.6. The number of hydrogen-bond donors (Lipinski definition) is 1. The second kappa shape index (κ2) is 7.09. The molecule has 0 amide bonds. The van der Waals surface area contributed by atoms with Crippen LogP contribution in [0.4, 0.5) is 0 Å². The van der Waals surface area contributed by atoms with Gasteiger partial charge in [-0.1, -0.05) is 57.4 Å². The zero-order valence-electron chi connectivity index (χ0n) is 12.8. The molecule has 1 heteroatoms. The van der Waals surface area contributed by atoms with Crippen LogP contribution in [0.5, 0.6) is 0 Å². The number of aryl methyl sites for hydroxylation is 1. The molecule has 0 saturated heterocycles. The lowest BCUT2D eigenvalue weighted by molar-refractivity contribution is 0.315. The highest BCUT2D eigenvalue weighted by Crippen LogP contribution is 2.39. The molecule has 1 aromatic rings. The maximum Gasteiger partial charge on any atom is 0.0348 e. The molecule has 1 fully saturated rings. The molecule has 1 aliphatic rings. The summed E-state index contributed by atoms with van der Waals surface area (Å²) in [5.41, 5.74) is 2.96. The lowest BCUT2D eigenvalue weighted by Gasteiger charge is -2.27. The molecule has 3 atom stereocenters. The fourth-order valence-electron chi connectivity index (χ4n) is 3.57. The predicted octanol–water partition coefficient (Wildman–Crippen LogP) is 4.73. The van der Waals surface area contributed by atoms with Crippen molar-refractivity contribution in [2.45, 2.75) is 58.4 Å². The van der Waals surface area contributed by atoms with E-state index in [1.807, 2.05) is 0 Å². The van der Waals surface area contributed by atoms with Crippen LogP contribution >= 0.6 is 0 Å². The molecule has 0 radical (unpaired) electrons. The van der Waals surface area contributed by atoms with Gasteiger partial charge in [0, 0.05) is 6.04 Å². The fraction of sp³-hybridized carbons (Fsp3) is 0.667. The maximum atomic E-state index is 3.55. The molecule has 3 unspecified atom stereocenters. The Bertz CT molecular complexity index is 368. The molecule has 0 heterocycles. The molecular weight excluding hydrogens is 230 g/mol. The number of rotatable bonds is 6. The quantitative estimate of drug-likeness (QED) is 0.779. The summed E-state index contributed by atoms with van der Waals surface area (Å²) in [5, 5.41) is 3.55. The Morgan fingerprint density at radius 1 is 1.21 bits per heavy atom. The van der Waals surface area contributed by atoms with E-state index in [4.69, 9.17) is 0 Å². The SMILES string of the molecule is CCCCc1ccc(C(NC)C2CCCC2C)cc1.